The van der Waals surface area contributed by atoms with Gasteiger partial charge in [-0.25, -0.2) is 4.98 Å². The predicted molar refractivity (Wildman–Crippen MR) is 141 cm³/mol. The summed E-state index contributed by atoms with van der Waals surface area (Å²) >= 11 is 8.08. The summed E-state index contributed by atoms with van der Waals surface area (Å²) in [4.78, 5) is 7.28. The van der Waals surface area contributed by atoms with Crippen LogP contribution in [0, 0.1) is 0 Å². The van der Waals surface area contributed by atoms with Crippen LogP contribution < -0.4 is 0 Å². The van der Waals surface area contributed by atoms with Crippen LogP contribution >= 0.6 is 23.4 Å². The van der Waals surface area contributed by atoms with Gasteiger partial charge < -0.3 is 4.74 Å². The van der Waals surface area contributed by atoms with Gasteiger partial charge in [0.1, 0.15) is 5.03 Å². The molecule has 2 heterocycles. The Morgan fingerprint density at radius 2 is 1.74 bits per heavy atom. The number of ether oxygens (including phenoxy) is 1. The van der Waals surface area contributed by atoms with Crippen LogP contribution in [-0.4, -0.2) is 35.7 Å². The van der Waals surface area contributed by atoms with Crippen molar-refractivity contribution in [1.82, 2.24) is 9.88 Å². The Kier molecular flexibility index (Phi) is 7.62. The molecule has 5 heteroatoms. The molecule has 1 aromatic heterocycles. The Balaban J connectivity index is 1.43. The Labute approximate surface area is 210 Å². The molecule has 4 aromatic rings. The first kappa shape index (κ1) is 23.1. The van der Waals surface area contributed by atoms with Crippen molar-refractivity contribution in [2.45, 2.75) is 22.9 Å². The minimum atomic E-state index is 0.0547. The van der Waals surface area contributed by atoms with Crippen molar-refractivity contribution in [3.63, 3.8) is 0 Å². The van der Waals surface area contributed by atoms with Crippen LogP contribution in [0.3, 0.4) is 0 Å². The molecule has 0 N–H and O–H groups in total. The van der Waals surface area contributed by atoms with Crippen molar-refractivity contribution in [3.8, 4) is 11.1 Å². The number of pyridine rings is 1. The number of benzene rings is 3. The molecule has 172 valence electrons. The Morgan fingerprint density at radius 3 is 2.53 bits per heavy atom. The minimum absolute atomic E-state index is 0.0547. The number of rotatable bonds is 7. The Hall–Kier alpha value is -2.63. The van der Waals surface area contributed by atoms with Gasteiger partial charge in [0.15, 0.2) is 0 Å². The van der Waals surface area contributed by atoms with E-state index in [4.69, 9.17) is 21.3 Å². The maximum Gasteiger partial charge on any atom is 0.104 e. The summed E-state index contributed by atoms with van der Waals surface area (Å²) in [6, 6.07) is 33.4. The van der Waals surface area contributed by atoms with Gasteiger partial charge in [-0.3, -0.25) is 4.90 Å². The molecule has 3 nitrogen and oxygen atoms in total. The lowest BCUT2D eigenvalue weighted by atomic mass is 10.1. The van der Waals surface area contributed by atoms with Crippen LogP contribution in [0.2, 0.25) is 5.02 Å². The second-order valence-corrected chi connectivity index (χ2v) is 10.0. The molecule has 1 aliphatic heterocycles. The van der Waals surface area contributed by atoms with E-state index in [1.807, 2.05) is 30.5 Å². The van der Waals surface area contributed by atoms with Crippen LogP contribution in [0.1, 0.15) is 16.4 Å². The number of hydrogen-bond acceptors (Lipinski definition) is 4. The fourth-order valence-electron chi connectivity index (χ4n) is 4.38. The molecule has 1 fully saturated rings. The summed E-state index contributed by atoms with van der Waals surface area (Å²) in [5, 5.41) is 1.83. The molecule has 0 spiro atoms. The van der Waals surface area contributed by atoms with Crippen molar-refractivity contribution in [3.05, 3.63) is 119 Å². The second kappa shape index (κ2) is 11.2. The zero-order chi connectivity index (χ0) is 23.2. The van der Waals surface area contributed by atoms with Gasteiger partial charge in [-0.1, -0.05) is 102 Å². The largest absolute Gasteiger partial charge is 0.374 e. The lowest BCUT2D eigenvalue weighted by Gasteiger charge is -2.37. The van der Waals surface area contributed by atoms with Gasteiger partial charge in [0, 0.05) is 36.4 Å². The van der Waals surface area contributed by atoms with E-state index in [9.17, 15) is 0 Å². The molecule has 5 rings (SSSR count). The molecule has 0 aliphatic carbocycles. The van der Waals surface area contributed by atoms with Gasteiger partial charge in [0.2, 0.25) is 0 Å². The Bertz CT molecular complexity index is 1200. The van der Waals surface area contributed by atoms with E-state index >= 15 is 0 Å². The smallest absolute Gasteiger partial charge is 0.104 e. The molecule has 2 unspecified atom stereocenters. The van der Waals surface area contributed by atoms with Gasteiger partial charge in [0.25, 0.3) is 0 Å². The van der Waals surface area contributed by atoms with Crippen molar-refractivity contribution < 1.29 is 4.74 Å². The maximum atomic E-state index is 6.39. The molecule has 3 aromatic carbocycles. The monoisotopic (exact) mass is 486 g/mol. The van der Waals surface area contributed by atoms with Gasteiger partial charge in [-0.2, -0.15) is 0 Å². The second-order valence-electron chi connectivity index (χ2n) is 8.45. The van der Waals surface area contributed by atoms with Gasteiger partial charge in [-0.15, -0.1) is 0 Å². The van der Waals surface area contributed by atoms with E-state index < -0.39 is 0 Å². The zero-order valence-corrected chi connectivity index (χ0v) is 20.5. The molecule has 0 bridgehead atoms. The third-order valence-electron chi connectivity index (χ3n) is 6.04. The van der Waals surface area contributed by atoms with Crippen molar-refractivity contribution in [2.24, 2.45) is 0 Å². The van der Waals surface area contributed by atoms with E-state index in [0.717, 1.165) is 47.4 Å². The molecule has 2 atom stereocenters. The standard InChI is InChI=1S/C29H27ClN2OS/c30-25-14-7-13-24(19-25)26-15-8-16-31-29(26)34-28(23-11-5-2-6-12-23)27-21-32(17-18-33-27)20-22-9-3-1-4-10-22/h1-16,19,27-28H,17-18,20-21H2. The van der Waals surface area contributed by atoms with Gasteiger partial charge in [-0.05, 0) is 34.9 Å². The topological polar surface area (TPSA) is 25.4 Å². The van der Waals surface area contributed by atoms with Crippen LogP contribution in [0.15, 0.2) is 108 Å². The molecular weight excluding hydrogens is 460 g/mol. The highest BCUT2D eigenvalue weighted by Gasteiger charge is 2.31. The van der Waals surface area contributed by atoms with Crippen LogP contribution in [0.4, 0.5) is 0 Å². The van der Waals surface area contributed by atoms with E-state index in [-0.39, 0.29) is 11.4 Å². The summed E-state index contributed by atoms with van der Waals surface area (Å²) in [6.07, 6.45) is 1.92. The highest BCUT2D eigenvalue weighted by molar-refractivity contribution is 7.99. The minimum Gasteiger partial charge on any atom is -0.374 e. The quantitative estimate of drug-likeness (QED) is 0.259. The van der Waals surface area contributed by atoms with E-state index in [1.165, 1.54) is 11.1 Å². The van der Waals surface area contributed by atoms with Crippen molar-refractivity contribution in [2.75, 3.05) is 19.7 Å². The van der Waals surface area contributed by atoms with Crippen LogP contribution in [-0.2, 0) is 11.3 Å². The molecule has 0 saturated carbocycles. The number of hydrogen-bond donors (Lipinski definition) is 0. The number of nitrogens with zero attached hydrogens (tertiary/aromatic N) is 2. The average molecular weight is 487 g/mol. The van der Waals surface area contributed by atoms with Crippen LogP contribution in [0.25, 0.3) is 11.1 Å². The lowest BCUT2D eigenvalue weighted by molar-refractivity contribution is -0.0320. The number of thioether (sulfide) groups is 1. The highest BCUT2D eigenvalue weighted by Crippen LogP contribution is 2.43. The van der Waals surface area contributed by atoms with Crippen molar-refractivity contribution >= 4 is 23.4 Å². The normalized spacial score (nSPS) is 17.4. The van der Waals surface area contributed by atoms with E-state index in [1.54, 1.807) is 11.8 Å². The van der Waals surface area contributed by atoms with Crippen molar-refractivity contribution in [1.29, 1.82) is 0 Å². The van der Waals surface area contributed by atoms with E-state index in [2.05, 4.69) is 77.7 Å². The first-order valence-electron chi connectivity index (χ1n) is 11.6. The zero-order valence-electron chi connectivity index (χ0n) is 18.9. The third kappa shape index (κ3) is 5.70. The molecule has 0 radical (unpaired) electrons. The van der Waals surface area contributed by atoms with Crippen LogP contribution in [0.5, 0.6) is 0 Å². The predicted octanol–water partition coefficient (Wildman–Crippen LogP) is 7.14. The summed E-state index contributed by atoms with van der Waals surface area (Å²) in [5.74, 6) is 0. The summed E-state index contributed by atoms with van der Waals surface area (Å²) in [7, 11) is 0. The number of aromatic nitrogens is 1. The average Bonchev–Trinajstić information content (AvgIpc) is 2.89. The first-order chi connectivity index (χ1) is 16.8. The SMILES string of the molecule is Clc1cccc(-c2cccnc2SC(c2ccccc2)C2CN(Cc3ccccc3)CCO2)c1. The molecule has 0 amide bonds. The molecule has 1 saturated heterocycles. The fraction of sp³-hybridized carbons (Fsp3) is 0.207. The number of morpholine rings is 1. The van der Waals surface area contributed by atoms with Gasteiger partial charge >= 0.3 is 0 Å². The summed E-state index contributed by atoms with van der Waals surface area (Å²) in [6.45, 7) is 3.48. The highest BCUT2D eigenvalue weighted by atomic mass is 35.5. The number of halogens is 1. The molecule has 1 aliphatic rings. The van der Waals surface area contributed by atoms with Gasteiger partial charge in [0.05, 0.1) is 18.0 Å². The maximum absolute atomic E-state index is 6.39. The summed E-state index contributed by atoms with van der Waals surface area (Å²) < 4.78 is 6.39. The Morgan fingerprint density at radius 1 is 0.941 bits per heavy atom. The lowest BCUT2D eigenvalue weighted by Crippen LogP contribution is -2.44. The molecular formula is C29H27ClN2OS. The fourth-order valence-corrected chi connectivity index (χ4v) is 5.86. The first-order valence-corrected chi connectivity index (χ1v) is 12.8. The third-order valence-corrected chi connectivity index (χ3v) is 7.65. The summed E-state index contributed by atoms with van der Waals surface area (Å²) in [5.41, 5.74) is 4.75. The molecule has 34 heavy (non-hydrogen) atoms. The van der Waals surface area contributed by atoms with E-state index in [0.29, 0.717) is 0 Å².